The van der Waals surface area contributed by atoms with E-state index in [0.29, 0.717) is 16.5 Å². The van der Waals surface area contributed by atoms with Crippen LogP contribution < -0.4 is 5.73 Å². The molecule has 104 valence electrons. The third kappa shape index (κ3) is 2.20. The molecule has 1 aliphatic carbocycles. The summed E-state index contributed by atoms with van der Waals surface area (Å²) in [5.74, 6) is 0.171. The minimum atomic E-state index is -0.321. The first-order chi connectivity index (χ1) is 9.70. The van der Waals surface area contributed by atoms with Crippen molar-refractivity contribution in [2.45, 2.75) is 25.2 Å². The smallest absolute Gasteiger partial charge is 0.350 e. The number of hydrogen-bond donors (Lipinski definition) is 1. The van der Waals surface area contributed by atoms with Crippen LogP contribution in [0.15, 0.2) is 30.3 Å². The van der Waals surface area contributed by atoms with Crippen LogP contribution in [0.25, 0.3) is 0 Å². The number of aryl methyl sites for hydroxylation is 1. The lowest BCUT2D eigenvalue weighted by Gasteiger charge is -2.22. The largest absolute Gasteiger partial charge is 0.465 e. The number of esters is 1. The van der Waals surface area contributed by atoms with Gasteiger partial charge in [0, 0.05) is 4.88 Å². The topological polar surface area (TPSA) is 52.3 Å². The van der Waals surface area contributed by atoms with Gasteiger partial charge in [-0.15, -0.1) is 11.3 Å². The Morgan fingerprint density at radius 2 is 2.10 bits per heavy atom. The Morgan fingerprint density at radius 1 is 1.35 bits per heavy atom. The Hall–Kier alpha value is -1.81. The predicted molar refractivity (Wildman–Crippen MR) is 81.3 cm³/mol. The molecule has 1 aromatic heterocycles. The highest BCUT2D eigenvalue weighted by Crippen LogP contribution is 2.41. The van der Waals surface area contributed by atoms with Crippen molar-refractivity contribution in [2.75, 3.05) is 12.8 Å². The molecule has 20 heavy (non-hydrogen) atoms. The number of methoxy groups -OCH3 is 1. The fourth-order valence-electron chi connectivity index (χ4n) is 2.86. The maximum atomic E-state index is 11.7. The lowest BCUT2D eigenvalue weighted by Crippen LogP contribution is -2.12. The van der Waals surface area contributed by atoms with Crippen LogP contribution in [-0.4, -0.2) is 13.1 Å². The molecule has 1 heterocycles. The van der Waals surface area contributed by atoms with Gasteiger partial charge in [0.2, 0.25) is 0 Å². The molecule has 0 aliphatic heterocycles. The minimum Gasteiger partial charge on any atom is -0.465 e. The molecule has 0 saturated heterocycles. The van der Waals surface area contributed by atoms with E-state index in [1.54, 1.807) is 0 Å². The van der Waals surface area contributed by atoms with Crippen molar-refractivity contribution in [1.29, 1.82) is 0 Å². The highest BCUT2D eigenvalue weighted by atomic mass is 32.1. The maximum Gasteiger partial charge on any atom is 0.350 e. The summed E-state index contributed by atoms with van der Waals surface area (Å²) in [6.45, 7) is 0. The summed E-state index contributed by atoms with van der Waals surface area (Å²) in [6, 6.07) is 10.5. The van der Waals surface area contributed by atoms with Gasteiger partial charge in [-0.3, -0.25) is 0 Å². The summed E-state index contributed by atoms with van der Waals surface area (Å²) in [4.78, 5) is 13.5. The van der Waals surface area contributed by atoms with Gasteiger partial charge in [0.25, 0.3) is 0 Å². The van der Waals surface area contributed by atoms with E-state index in [4.69, 9.17) is 10.5 Å². The van der Waals surface area contributed by atoms with Gasteiger partial charge in [0.05, 0.1) is 12.8 Å². The zero-order valence-electron chi connectivity index (χ0n) is 11.4. The summed E-state index contributed by atoms with van der Waals surface area (Å²) in [6.07, 6.45) is 3.01. The molecule has 0 bridgehead atoms. The summed E-state index contributed by atoms with van der Waals surface area (Å²) >= 11 is 1.49. The Kier molecular flexibility index (Phi) is 3.49. The molecular weight excluding hydrogens is 270 g/mol. The average Bonchev–Trinajstić information content (AvgIpc) is 2.84. The number of carbonyl (C=O) groups is 1. The molecule has 0 amide bonds. The second-order valence-electron chi connectivity index (χ2n) is 5.09. The van der Waals surface area contributed by atoms with E-state index in [1.165, 1.54) is 28.9 Å². The van der Waals surface area contributed by atoms with Gasteiger partial charge in [0.1, 0.15) is 4.88 Å². The molecule has 3 rings (SSSR count). The van der Waals surface area contributed by atoms with Crippen LogP contribution in [0.4, 0.5) is 5.69 Å². The van der Waals surface area contributed by atoms with Crippen molar-refractivity contribution in [3.8, 4) is 0 Å². The molecular formula is C16H17NO2S. The summed E-state index contributed by atoms with van der Waals surface area (Å²) < 4.78 is 4.80. The van der Waals surface area contributed by atoms with Crippen LogP contribution in [0.5, 0.6) is 0 Å². The average molecular weight is 287 g/mol. The number of fused-ring (bicyclic) bond motifs is 1. The summed E-state index contributed by atoms with van der Waals surface area (Å²) in [5, 5.41) is 0. The lowest BCUT2D eigenvalue weighted by molar-refractivity contribution is 0.0607. The van der Waals surface area contributed by atoms with E-state index in [2.05, 4.69) is 24.3 Å². The Balaban J connectivity index is 1.92. The number of carbonyl (C=O) groups excluding carboxylic acids is 1. The van der Waals surface area contributed by atoms with Gasteiger partial charge in [-0.25, -0.2) is 4.79 Å². The second kappa shape index (κ2) is 5.29. The van der Waals surface area contributed by atoms with Gasteiger partial charge in [-0.1, -0.05) is 30.3 Å². The standard InChI is InChI=1S/C16H17NO2S/c1-19-16(18)15-14(17)12-9-11(7-8-13(12)20-15)10-5-3-2-4-6-10/h2-6,11H,7-9,17H2,1H3. The molecule has 3 nitrogen and oxygen atoms in total. The Labute approximate surface area is 122 Å². The van der Waals surface area contributed by atoms with Crippen LogP contribution in [0.2, 0.25) is 0 Å². The van der Waals surface area contributed by atoms with Crippen LogP contribution >= 0.6 is 11.3 Å². The number of benzene rings is 1. The molecule has 0 saturated carbocycles. The Bertz CT molecular complexity index is 633. The van der Waals surface area contributed by atoms with Crippen molar-refractivity contribution in [2.24, 2.45) is 0 Å². The van der Waals surface area contributed by atoms with Crippen LogP contribution in [0, 0.1) is 0 Å². The number of anilines is 1. The SMILES string of the molecule is COC(=O)c1sc2c(c1N)CC(c1ccccc1)CC2. The van der Waals surface area contributed by atoms with E-state index >= 15 is 0 Å². The molecule has 0 fully saturated rings. The number of nitrogen functional groups attached to an aromatic ring is 1. The highest BCUT2D eigenvalue weighted by Gasteiger charge is 2.27. The van der Waals surface area contributed by atoms with E-state index < -0.39 is 0 Å². The fraction of sp³-hybridized carbons (Fsp3) is 0.312. The normalized spacial score (nSPS) is 17.6. The molecule has 0 spiro atoms. The monoisotopic (exact) mass is 287 g/mol. The molecule has 1 aliphatic rings. The molecule has 0 radical (unpaired) electrons. The summed E-state index contributed by atoms with van der Waals surface area (Å²) in [7, 11) is 1.40. The molecule has 2 N–H and O–H groups in total. The van der Waals surface area contributed by atoms with E-state index in [0.717, 1.165) is 24.8 Å². The number of ether oxygens (including phenoxy) is 1. The molecule has 4 heteroatoms. The number of thiophene rings is 1. The molecule has 1 unspecified atom stereocenters. The highest BCUT2D eigenvalue weighted by molar-refractivity contribution is 7.14. The third-order valence-electron chi connectivity index (χ3n) is 3.94. The second-order valence-corrected chi connectivity index (χ2v) is 6.19. The molecule has 1 aromatic carbocycles. The number of nitrogens with two attached hydrogens (primary N) is 1. The zero-order chi connectivity index (χ0) is 14.1. The quantitative estimate of drug-likeness (QED) is 0.861. The van der Waals surface area contributed by atoms with Crippen LogP contribution in [0.1, 0.15) is 38.0 Å². The van der Waals surface area contributed by atoms with Crippen molar-refractivity contribution < 1.29 is 9.53 Å². The predicted octanol–water partition coefficient (Wildman–Crippen LogP) is 3.39. The third-order valence-corrected chi connectivity index (χ3v) is 5.23. The number of rotatable bonds is 2. The molecule has 1 atom stereocenters. The van der Waals surface area contributed by atoms with Crippen molar-refractivity contribution in [1.82, 2.24) is 0 Å². The first kappa shape index (κ1) is 13.2. The van der Waals surface area contributed by atoms with E-state index in [9.17, 15) is 4.79 Å². The van der Waals surface area contributed by atoms with E-state index in [1.807, 2.05) is 6.07 Å². The number of hydrogen-bond acceptors (Lipinski definition) is 4. The van der Waals surface area contributed by atoms with Gasteiger partial charge >= 0.3 is 5.97 Å². The van der Waals surface area contributed by atoms with Crippen molar-refractivity contribution in [3.63, 3.8) is 0 Å². The maximum absolute atomic E-state index is 11.7. The van der Waals surface area contributed by atoms with Crippen LogP contribution in [0.3, 0.4) is 0 Å². The van der Waals surface area contributed by atoms with Crippen molar-refractivity contribution in [3.05, 3.63) is 51.2 Å². The first-order valence-electron chi connectivity index (χ1n) is 6.74. The van der Waals surface area contributed by atoms with Crippen molar-refractivity contribution >= 4 is 23.0 Å². The first-order valence-corrected chi connectivity index (χ1v) is 7.55. The van der Waals surface area contributed by atoms with Gasteiger partial charge < -0.3 is 10.5 Å². The Morgan fingerprint density at radius 3 is 2.80 bits per heavy atom. The van der Waals surface area contributed by atoms with Gasteiger partial charge in [-0.2, -0.15) is 0 Å². The summed E-state index contributed by atoms with van der Waals surface area (Å²) in [5.41, 5.74) is 9.27. The zero-order valence-corrected chi connectivity index (χ0v) is 12.2. The fourth-order valence-corrected chi connectivity index (χ4v) is 4.04. The van der Waals surface area contributed by atoms with Gasteiger partial charge in [0.15, 0.2) is 0 Å². The lowest BCUT2D eigenvalue weighted by atomic mass is 9.83. The van der Waals surface area contributed by atoms with Crippen LogP contribution in [-0.2, 0) is 17.6 Å². The minimum absolute atomic E-state index is 0.321. The molecule has 2 aromatic rings. The van der Waals surface area contributed by atoms with E-state index in [-0.39, 0.29) is 5.97 Å². The van der Waals surface area contributed by atoms with Gasteiger partial charge in [-0.05, 0) is 36.3 Å².